The molecule has 0 radical (unpaired) electrons. The molecule has 0 saturated carbocycles. The average Bonchev–Trinajstić information content (AvgIpc) is 3.38. The van der Waals surface area contributed by atoms with Crippen LogP contribution in [0.3, 0.4) is 0 Å². The maximum Gasteiger partial charge on any atom is 0.128 e. The summed E-state index contributed by atoms with van der Waals surface area (Å²) in [6.07, 6.45) is 5.65. The summed E-state index contributed by atoms with van der Waals surface area (Å²) < 4.78 is 40.5. The molecule has 3 aliphatic heterocycles. The number of hydrogen-bond acceptors (Lipinski definition) is 3. The van der Waals surface area contributed by atoms with E-state index in [-0.39, 0.29) is 0 Å². The molecule has 4 nitrogen and oxygen atoms in total. The van der Waals surface area contributed by atoms with Crippen LogP contribution < -0.4 is 10.2 Å². The van der Waals surface area contributed by atoms with Crippen molar-refractivity contribution in [3.63, 3.8) is 0 Å². The van der Waals surface area contributed by atoms with Crippen LogP contribution in [0.1, 0.15) is 57.7 Å². The Kier molecular flexibility index (Phi) is 7.79. The second kappa shape index (κ2) is 10.9. The highest BCUT2D eigenvalue weighted by molar-refractivity contribution is 5.84. The molecular weight excluding hydrogens is 485 g/mol. The van der Waals surface area contributed by atoms with Gasteiger partial charge in [0.2, 0.25) is 0 Å². The minimum absolute atomic E-state index is 0.390. The quantitative estimate of drug-likeness (QED) is 0.404. The van der Waals surface area contributed by atoms with E-state index in [1.54, 1.807) is 13.8 Å². The Balaban J connectivity index is 0.000000155. The molecule has 2 saturated heterocycles. The van der Waals surface area contributed by atoms with E-state index < -0.39 is 17.3 Å². The van der Waals surface area contributed by atoms with Crippen molar-refractivity contribution in [2.45, 2.75) is 71.1 Å². The fourth-order valence-electron chi connectivity index (χ4n) is 6.56. The van der Waals surface area contributed by atoms with Crippen molar-refractivity contribution in [2.75, 3.05) is 37.6 Å². The standard InChI is InChI=1S/C16H21FN2.C15H20F2N2/c1-11-8-13-12-6-4-5-7-14(12)18-15(13)9-19(11)10-16(2,3)17;16-12-8-13(17)10-14(9-12)19-6-1-2-15(4-7-19)3-5-18-11-15/h4-7,11,18H,8-10H2,1-3H3;8-10,18H,1-7,11H2. The van der Waals surface area contributed by atoms with E-state index in [4.69, 9.17) is 0 Å². The van der Waals surface area contributed by atoms with E-state index in [0.29, 0.717) is 23.7 Å². The van der Waals surface area contributed by atoms with Crippen molar-refractivity contribution in [3.8, 4) is 0 Å². The fraction of sp³-hybridized carbons (Fsp3) is 0.548. The van der Waals surface area contributed by atoms with Crippen LogP contribution in [-0.4, -0.2) is 54.3 Å². The van der Waals surface area contributed by atoms with Gasteiger partial charge in [-0.05, 0) is 88.6 Å². The third-order valence-corrected chi connectivity index (χ3v) is 8.56. The van der Waals surface area contributed by atoms with Crippen LogP contribution in [0.5, 0.6) is 0 Å². The van der Waals surface area contributed by atoms with Crippen LogP contribution in [0.25, 0.3) is 10.9 Å². The number of anilines is 1. The molecule has 2 fully saturated rings. The first-order valence-electron chi connectivity index (χ1n) is 14.0. The Bertz CT molecular complexity index is 1220. The number of H-pyrrole nitrogens is 1. The van der Waals surface area contributed by atoms with E-state index in [0.717, 1.165) is 58.1 Å². The molecule has 4 heterocycles. The molecule has 6 rings (SSSR count). The molecule has 2 unspecified atom stereocenters. The van der Waals surface area contributed by atoms with Crippen LogP contribution in [-0.2, 0) is 13.0 Å². The number of fused-ring (bicyclic) bond motifs is 3. The Morgan fingerprint density at radius 3 is 2.50 bits per heavy atom. The van der Waals surface area contributed by atoms with Crippen molar-refractivity contribution < 1.29 is 13.2 Å². The van der Waals surface area contributed by atoms with Crippen LogP contribution >= 0.6 is 0 Å². The molecule has 3 aliphatic rings. The van der Waals surface area contributed by atoms with E-state index >= 15 is 0 Å². The van der Waals surface area contributed by atoms with Gasteiger partial charge in [-0.1, -0.05) is 18.2 Å². The zero-order chi connectivity index (χ0) is 26.9. The molecule has 0 amide bonds. The van der Waals surface area contributed by atoms with Crippen LogP contribution in [0.4, 0.5) is 18.9 Å². The van der Waals surface area contributed by atoms with Gasteiger partial charge in [-0.15, -0.1) is 0 Å². The molecule has 2 aromatic carbocycles. The molecule has 0 aliphatic carbocycles. The van der Waals surface area contributed by atoms with Gasteiger partial charge in [0.05, 0.1) is 0 Å². The number of halogens is 3. The predicted octanol–water partition coefficient (Wildman–Crippen LogP) is 6.60. The number of benzene rings is 2. The van der Waals surface area contributed by atoms with Crippen LogP contribution in [0.2, 0.25) is 0 Å². The maximum absolute atomic E-state index is 13.9. The van der Waals surface area contributed by atoms with Gasteiger partial charge in [0.15, 0.2) is 0 Å². The highest BCUT2D eigenvalue weighted by Gasteiger charge is 2.35. The molecule has 3 aromatic rings. The summed E-state index contributed by atoms with van der Waals surface area (Å²) in [6.45, 7) is 10.8. The number of aromatic amines is 1. The van der Waals surface area contributed by atoms with Gasteiger partial charge in [-0.25, -0.2) is 13.2 Å². The lowest BCUT2D eigenvalue weighted by molar-refractivity contribution is 0.0853. The third kappa shape index (κ3) is 6.20. The topological polar surface area (TPSA) is 34.3 Å². The van der Waals surface area contributed by atoms with Gasteiger partial charge in [0.1, 0.15) is 17.3 Å². The van der Waals surface area contributed by atoms with Crippen LogP contribution in [0.15, 0.2) is 42.5 Å². The van der Waals surface area contributed by atoms with Crippen molar-refractivity contribution in [1.29, 1.82) is 0 Å². The Labute approximate surface area is 224 Å². The molecule has 0 bridgehead atoms. The van der Waals surface area contributed by atoms with Gasteiger partial charge in [-0.3, -0.25) is 4.90 Å². The first kappa shape index (κ1) is 27.1. The van der Waals surface area contributed by atoms with Crippen molar-refractivity contribution in [2.24, 2.45) is 5.41 Å². The first-order chi connectivity index (χ1) is 18.1. The Morgan fingerprint density at radius 1 is 1.03 bits per heavy atom. The number of para-hydroxylation sites is 1. The molecule has 38 heavy (non-hydrogen) atoms. The highest BCUT2D eigenvalue weighted by Crippen LogP contribution is 2.38. The molecular formula is C31H41F3N4. The molecule has 2 N–H and O–H groups in total. The molecule has 2 atom stereocenters. The zero-order valence-corrected chi connectivity index (χ0v) is 22.9. The number of alkyl halides is 1. The SMILES string of the molecule is CC1Cc2c([nH]c3ccccc23)CN1CC(C)(C)F.Fc1cc(F)cc(N2CCCC3(CCNC3)CC2)c1. The maximum atomic E-state index is 13.9. The summed E-state index contributed by atoms with van der Waals surface area (Å²) in [5, 5.41) is 4.77. The molecule has 7 heteroatoms. The first-order valence-corrected chi connectivity index (χ1v) is 14.0. The minimum Gasteiger partial charge on any atom is -0.371 e. The summed E-state index contributed by atoms with van der Waals surface area (Å²) in [7, 11) is 0. The lowest BCUT2D eigenvalue weighted by atomic mass is 9.80. The van der Waals surface area contributed by atoms with E-state index in [9.17, 15) is 13.2 Å². The fourth-order valence-corrected chi connectivity index (χ4v) is 6.56. The number of rotatable bonds is 3. The van der Waals surface area contributed by atoms with E-state index in [2.05, 4.69) is 51.3 Å². The van der Waals surface area contributed by atoms with Crippen molar-refractivity contribution in [3.05, 3.63) is 65.4 Å². The highest BCUT2D eigenvalue weighted by atomic mass is 19.1. The summed E-state index contributed by atoms with van der Waals surface area (Å²) >= 11 is 0. The van der Waals surface area contributed by atoms with Gasteiger partial charge in [0.25, 0.3) is 0 Å². The smallest absolute Gasteiger partial charge is 0.128 e. The molecule has 1 spiro atoms. The second-order valence-corrected chi connectivity index (χ2v) is 12.2. The lowest BCUT2D eigenvalue weighted by Crippen LogP contribution is -2.44. The Hall–Kier alpha value is -2.51. The number of nitrogens with zero attached hydrogens (tertiary/aromatic N) is 2. The summed E-state index contributed by atoms with van der Waals surface area (Å²) in [4.78, 5) is 7.85. The van der Waals surface area contributed by atoms with Crippen molar-refractivity contribution >= 4 is 16.6 Å². The summed E-state index contributed by atoms with van der Waals surface area (Å²) in [5.41, 5.74) is 3.82. The summed E-state index contributed by atoms with van der Waals surface area (Å²) in [5.74, 6) is -0.979. The van der Waals surface area contributed by atoms with Gasteiger partial charge in [0, 0.05) is 67.1 Å². The van der Waals surface area contributed by atoms with Gasteiger partial charge in [-0.2, -0.15) is 0 Å². The third-order valence-electron chi connectivity index (χ3n) is 8.56. The van der Waals surface area contributed by atoms with Crippen LogP contribution in [0, 0.1) is 17.0 Å². The van der Waals surface area contributed by atoms with Crippen molar-refractivity contribution in [1.82, 2.24) is 15.2 Å². The lowest BCUT2D eigenvalue weighted by Gasteiger charge is -2.36. The normalized spacial score (nSPS) is 24.3. The largest absolute Gasteiger partial charge is 0.371 e. The van der Waals surface area contributed by atoms with E-state index in [1.165, 1.54) is 47.1 Å². The molecule has 1 aromatic heterocycles. The second-order valence-electron chi connectivity index (χ2n) is 12.2. The number of hydrogen-bond donors (Lipinski definition) is 2. The molecule has 206 valence electrons. The number of aromatic nitrogens is 1. The zero-order valence-electron chi connectivity index (χ0n) is 22.9. The monoisotopic (exact) mass is 526 g/mol. The Morgan fingerprint density at radius 2 is 1.79 bits per heavy atom. The summed E-state index contributed by atoms with van der Waals surface area (Å²) in [6, 6.07) is 12.6. The van der Waals surface area contributed by atoms with Gasteiger partial charge < -0.3 is 15.2 Å². The van der Waals surface area contributed by atoms with E-state index in [1.807, 2.05) is 0 Å². The predicted molar refractivity (Wildman–Crippen MR) is 149 cm³/mol. The van der Waals surface area contributed by atoms with Gasteiger partial charge >= 0.3 is 0 Å². The number of nitrogens with one attached hydrogen (secondary N) is 2. The average molecular weight is 527 g/mol. The minimum atomic E-state index is -1.14.